The van der Waals surface area contributed by atoms with Crippen LogP contribution in [0.2, 0.25) is 0 Å². The Hall–Kier alpha value is -0.750. The van der Waals surface area contributed by atoms with Gasteiger partial charge in [0.25, 0.3) is 0 Å². The molecule has 0 spiro atoms. The van der Waals surface area contributed by atoms with Crippen LogP contribution >= 0.6 is 0 Å². The maximum Gasteiger partial charge on any atom is 0.378 e. The van der Waals surface area contributed by atoms with E-state index in [9.17, 15) is 13.2 Å². The number of rotatable bonds is 4. The molecule has 0 aliphatic carbocycles. The zero-order valence-electron chi connectivity index (χ0n) is 4.94. The third-order valence-corrected chi connectivity index (χ3v) is 0.879. The van der Waals surface area contributed by atoms with Crippen molar-refractivity contribution in [3.05, 3.63) is 0 Å². The van der Waals surface area contributed by atoms with Gasteiger partial charge in [0.2, 0.25) is 0 Å². The van der Waals surface area contributed by atoms with E-state index >= 15 is 0 Å². The molecule has 0 aliphatic heterocycles. The number of hydrogen-bond acceptors (Lipinski definition) is 3. The number of nitrogens with zero attached hydrogens (tertiary/aromatic N) is 1. The van der Waals surface area contributed by atoms with Crippen molar-refractivity contribution in [2.75, 3.05) is 0 Å². The van der Waals surface area contributed by atoms with Crippen LogP contribution in [0, 0.1) is 0 Å². The third-order valence-electron chi connectivity index (χ3n) is 0.519. The van der Waals surface area contributed by atoms with Gasteiger partial charge in [-0.2, -0.15) is 8.42 Å². The van der Waals surface area contributed by atoms with Gasteiger partial charge in [-0.25, -0.2) is 0 Å². The van der Waals surface area contributed by atoms with Gasteiger partial charge in [-0.1, -0.05) is 0 Å². The van der Waals surface area contributed by atoms with E-state index in [2.05, 4.69) is 4.40 Å². The Morgan fingerprint density at radius 3 is 2.40 bits per heavy atom. The highest BCUT2D eigenvalue weighted by Gasteiger charge is 1.94. The molecule has 0 aromatic rings. The fourth-order valence-electron chi connectivity index (χ4n) is 0.234. The predicted molar refractivity (Wildman–Crippen MR) is 33.9 cm³/mol. The Kier molecular flexibility index (Phi) is 3.82. The van der Waals surface area contributed by atoms with Gasteiger partial charge in [-0.15, -0.1) is 4.40 Å². The predicted octanol–water partition coefficient (Wildman–Crippen LogP) is -0.373. The number of hydrogen-bond donors (Lipinski definition) is 1. The number of carbonyl (C=O) groups excluding carboxylic acids is 1. The molecule has 0 bridgehead atoms. The molecule has 0 aliphatic rings. The minimum atomic E-state index is -4.32. The molecule has 5 nitrogen and oxygen atoms in total. The van der Waals surface area contributed by atoms with Gasteiger partial charge in [0.15, 0.2) is 6.29 Å². The van der Waals surface area contributed by atoms with E-state index in [1.54, 1.807) is 0 Å². The highest BCUT2D eigenvalue weighted by Crippen LogP contribution is 1.84. The lowest BCUT2D eigenvalue weighted by Gasteiger charge is -1.80. The third kappa shape index (κ3) is 7.25. The molecule has 10 heavy (non-hydrogen) atoms. The van der Waals surface area contributed by atoms with Crippen LogP contribution in [0.4, 0.5) is 0 Å². The Balaban J connectivity index is 3.68. The van der Waals surface area contributed by atoms with Crippen LogP contribution in [0.15, 0.2) is 4.40 Å². The van der Waals surface area contributed by atoms with Crippen molar-refractivity contribution in [1.82, 2.24) is 0 Å². The fourth-order valence-corrected chi connectivity index (χ4v) is 0.489. The van der Waals surface area contributed by atoms with Gasteiger partial charge < -0.3 is 0 Å². The second-order valence-electron chi connectivity index (χ2n) is 1.34. The lowest BCUT2D eigenvalue weighted by Crippen LogP contribution is -1.91. The highest BCUT2D eigenvalue weighted by molar-refractivity contribution is 7.84. The lowest BCUT2D eigenvalue weighted by molar-refractivity contribution is 0.485. The van der Waals surface area contributed by atoms with Crippen molar-refractivity contribution in [2.24, 2.45) is 4.40 Å². The standard InChI is InChI=1S/C4H5NO4S/c6-4-2-1-3-5-10(7,8)9/h1-2H2,(H,7,8,9). The van der Waals surface area contributed by atoms with Crippen molar-refractivity contribution in [2.45, 2.75) is 12.8 Å². The molecule has 0 rings (SSSR count). The molecule has 56 valence electrons. The zero-order valence-corrected chi connectivity index (χ0v) is 5.76. The summed E-state index contributed by atoms with van der Waals surface area (Å²) in [5.74, 6) is 0. The van der Waals surface area contributed by atoms with Crippen LogP contribution in [0.3, 0.4) is 0 Å². The summed E-state index contributed by atoms with van der Waals surface area (Å²) >= 11 is 0. The van der Waals surface area contributed by atoms with Gasteiger partial charge in [-0.05, 0) is 6.42 Å². The van der Waals surface area contributed by atoms with Crippen molar-refractivity contribution < 1.29 is 17.8 Å². The second kappa shape index (κ2) is 4.13. The second-order valence-corrected chi connectivity index (χ2v) is 2.42. The van der Waals surface area contributed by atoms with Crippen molar-refractivity contribution in [1.29, 1.82) is 0 Å². The lowest BCUT2D eigenvalue weighted by atomic mass is 10.4. The Morgan fingerprint density at radius 2 is 2.00 bits per heavy atom. The maximum absolute atomic E-state index is 9.82. The van der Waals surface area contributed by atoms with Crippen LogP contribution in [-0.2, 0) is 15.1 Å². The van der Waals surface area contributed by atoms with Crippen LogP contribution in [-0.4, -0.2) is 25.5 Å². The van der Waals surface area contributed by atoms with Gasteiger partial charge in [0.1, 0.15) is 0 Å². The minimum absolute atomic E-state index is 0.0268. The van der Waals surface area contributed by atoms with Gasteiger partial charge in [-0.3, -0.25) is 9.35 Å². The zero-order chi connectivity index (χ0) is 8.04. The Labute approximate surface area is 58.7 Å². The van der Waals surface area contributed by atoms with E-state index < -0.39 is 10.3 Å². The molecule has 0 aromatic heterocycles. The molecule has 1 N–H and O–H groups in total. The van der Waals surface area contributed by atoms with E-state index in [-0.39, 0.29) is 12.8 Å². The van der Waals surface area contributed by atoms with Crippen LogP contribution in [0.25, 0.3) is 0 Å². The molecule has 0 heterocycles. The summed E-state index contributed by atoms with van der Waals surface area (Å²) in [6.07, 6.45) is 3.53. The minimum Gasteiger partial charge on any atom is -0.291 e. The molecule has 0 fully saturated rings. The van der Waals surface area contributed by atoms with Gasteiger partial charge in [0.05, 0.1) is 6.21 Å². The van der Waals surface area contributed by atoms with Gasteiger partial charge in [0, 0.05) is 6.42 Å². The molecule has 0 aromatic carbocycles. The monoisotopic (exact) mass is 163 g/mol. The SMILES string of the molecule is O=[C]CC/[C]=N/S(=O)(=O)O. The normalized spacial score (nSPS) is 12.1. The highest BCUT2D eigenvalue weighted by atomic mass is 32.2. The Bertz CT molecular complexity index is 217. The van der Waals surface area contributed by atoms with Crippen LogP contribution in [0.1, 0.15) is 12.8 Å². The van der Waals surface area contributed by atoms with Crippen LogP contribution < -0.4 is 0 Å². The Morgan fingerprint density at radius 1 is 1.40 bits per heavy atom. The van der Waals surface area contributed by atoms with E-state index in [0.717, 1.165) is 0 Å². The summed E-state index contributed by atoms with van der Waals surface area (Å²) in [7, 11) is -4.32. The smallest absolute Gasteiger partial charge is 0.291 e. The molecule has 0 unspecified atom stereocenters. The van der Waals surface area contributed by atoms with Crippen molar-refractivity contribution in [3.8, 4) is 0 Å². The quantitative estimate of drug-likeness (QED) is 0.348. The van der Waals surface area contributed by atoms with Crippen molar-refractivity contribution in [3.63, 3.8) is 0 Å². The first-order chi connectivity index (χ1) is 4.56. The van der Waals surface area contributed by atoms with Gasteiger partial charge >= 0.3 is 10.3 Å². The molecule has 6 heteroatoms. The molecule has 2 radical (unpaired) electrons. The fraction of sp³-hybridized carbons (Fsp3) is 0.500. The largest absolute Gasteiger partial charge is 0.378 e. The molecule has 0 saturated heterocycles. The van der Waals surface area contributed by atoms with E-state index in [4.69, 9.17) is 4.55 Å². The molecule has 0 atom stereocenters. The first-order valence-electron chi connectivity index (χ1n) is 2.33. The molecule has 0 amide bonds. The maximum atomic E-state index is 9.82. The summed E-state index contributed by atoms with van der Waals surface area (Å²) in [5, 5.41) is 0. The van der Waals surface area contributed by atoms with Crippen molar-refractivity contribution >= 4 is 22.8 Å². The summed E-state index contributed by atoms with van der Waals surface area (Å²) in [5.41, 5.74) is 0. The summed E-state index contributed by atoms with van der Waals surface area (Å²) in [6, 6.07) is 0. The van der Waals surface area contributed by atoms with E-state index in [1.807, 2.05) is 6.21 Å². The summed E-state index contributed by atoms with van der Waals surface area (Å²) < 4.78 is 30.2. The number of unbranched alkanes of at least 4 members (excludes halogenated alkanes) is 1. The topological polar surface area (TPSA) is 83.8 Å². The van der Waals surface area contributed by atoms with Crippen LogP contribution in [0.5, 0.6) is 0 Å². The van der Waals surface area contributed by atoms with E-state index in [0.29, 0.717) is 0 Å². The first-order valence-corrected chi connectivity index (χ1v) is 3.73. The average molecular weight is 163 g/mol. The average Bonchev–Trinajstić information content (AvgIpc) is 1.78. The summed E-state index contributed by atoms with van der Waals surface area (Å²) in [6.45, 7) is 0. The first kappa shape index (κ1) is 9.25. The molecular weight excluding hydrogens is 158 g/mol. The summed E-state index contributed by atoms with van der Waals surface area (Å²) in [4.78, 5) is 9.51. The molecular formula is C4H5NO4S. The van der Waals surface area contributed by atoms with E-state index in [1.165, 1.54) is 6.29 Å². The molecule has 0 saturated carbocycles.